The van der Waals surface area contributed by atoms with Gasteiger partial charge >= 0.3 is 5.97 Å². The number of carboxylic acid groups (broad SMARTS) is 1. The fraction of sp³-hybridized carbons (Fsp3) is 0.381. The summed E-state index contributed by atoms with van der Waals surface area (Å²) in [7, 11) is 0. The molecule has 0 bridgehead atoms. The lowest BCUT2D eigenvalue weighted by Gasteiger charge is -2.17. The number of rotatable bonds is 4. The quantitative estimate of drug-likeness (QED) is 0.743. The molecule has 2 aromatic heterocycles. The van der Waals surface area contributed by atoms with Crippen molar-refractivity contribution in [2.45, 2.75) is 46.1 Å². The number of hydrogen-bond acceptors (Lipinski definition) is 4. The monoisotopic (exact) mass is 382 g/mol. The van der Waals surface area contributed by atoms with Gasteiger partial charge in [-0.05, 0) is 48.4 Å². The van der Waals surface area contributed by atoms with E-state index in [2.05, 4.69) is 6.92 Å². The Bertz CT molecular complexity index is 1080. The number of aromatic nitrogens is 2. The topological polar surface area (TPSA) is 72.2 Å². The van der Waals surface area contributed by atoms with Crippen molar-refractivity contribution < 1.29 is 9.90 Å². The van der Waals surface area contributed by atoms with Crippen molar-refractivity contribution in [1.82, 2.24) is 9.55 Å². The van der Waals surface area contributed by atoms with E-state index in [9.17, 15) is 9.59 Å². The zero-order valence-electron chi connectivity index (χ0n) is 15.5. The van der Waals surface area contributed by atoms with E-state index in [1.807, 2.05) is 6.92 Å². The van der Waals surface area contributed by atoms with Crippen LogP contribution in [0.1, 0.15) is 52.5 Å². The first-order valence-electron chi connectivity index (χ1n) is 9.34. The van der Waals surface area contributed by atoms with Crippen LogP contribution >= 0.6 is 11.3 Å². The van der Waals surface area contributed by atoms with Crippen LogP contribution in [0.4, 0.5) is 0 Å². The summed E-state index contributed by atoms with van der Waals surface area (Å²) in [4.78, 5) is 31.4. The molecule has 27 heavy (non-hydrogen) atoms. The first-order chi connectivity index (χ1) is 13.0. The zero-order chi connectivity index (χ0) is 19.1. The van der Waals surface area contributed by atoms with Gasteiger partial charge in [0, 0.05) is 11.3 Å². The maximum Gasteiger partial charge on any atom is 0.335 e. The minimum Gasteiger partial charge on any atom is -0.478 e. The van der Waals surface area contributed by atoms with Gasteiger partial charge < -0.3 is 5.11 Å². The molecule has 0 aliphatic heterocycles. The van der Waals surface area contributed by atoms with E-state index in [0.29, 0.717) is 18.9 Å². The second kappa shape index (κ2) is 6.93. The molecule has 1 aromatic carbocycles. The molecule has 0 spiro atoms. The summed E-state index contributed by atoms with van der Waals surface area (Å²) in [5.74, 6) is 0.489. The minimum absolute atomic E-state index is 0.0335. The fourth-order valence-corrected chi connectivity index (χ4v) is 5.23. The Hall–Kier alpha value is -2.47. The third kappa shape index (κ3) is 3.18. The normalized spacial score (nSPS) is 16.4. The highest BCUT2D eigenvalue weighted by atomic mass is 32.1. The first kappa shape index (κ1) is 17.9. The largest absolute Gasteiger partial charge is 0.478 e. The van der Waals surface area contributed by atoms with Crippen LogP contribution in [0.5, 0.6) is 0 Å². The molecule has 1 unspecified atom stereocenters. The number of aryl methyl sites for hydroxylation is 2. The summed E-state index contributed by atoms with van der Waals surface area (Å²) < 4.78 is 1.75. The molecule has 0 radical (unpaired) electrons. The van der Waals surface area contributed by atoms with Gasteiger partial charge in [-0.1, -0.05) is 26.0 Å². The van der Waals surface area contributed by atoms with Gasteiger partial charge in [-0.25, -0.2) is 9.78 Å². The number of aromatic carboxylic acids is 1. The maximum atomic E-state index is 13.3. The molecule has 0 fully saturated rings. The van der Waals surface area contributed by atoms with E-state index in [0.717, 1.165) is 40.9 Å². The van der Waals surface area contributed by atoms with Crippen LogP contribution in [0.15, 0.2) is 29.1 Å². The van der Waals surface area contributed by atoms with Crippen molar-refractivity contribution in [3.63, 3.8) is 0 Å². The average molecular weight is 382 g/mol. The molecule has 1 N–H and O–H groups in total. The number of hydrogen-bond donors (Lipinski definition) is 1. The zero-order valence-corrected chi connectivity index (χ0v) is 16.3. The maximum absolute atomic E-state index is 13.3. The SMILES string of the molecule is CCc1nc2sc3c(c2c(=O)n1Cc1ccc(C(=O)O)cc1)CCC(C)C3. The molecule has 140 valence electrons. The van der Waals surface area contributed by atoms with Crippen LogP contribution < -0.4 is 5.56 Å². The van der Waals surface area contributed by atoms with Crippen LogP contribution in [-0.2, 0) is 25.8 Å². The van der Waals surface area contributed by atoms with Crippen molar-refractivity contribution in [2.24, 2.45) is 5.92 Å². The number of fused-ring (bicyclic) bond motifs is 3. The van der Waals surface area contributed by atoms with Gasteiger partial charge in [0.15, 0.2) is 0 Å². The summed E-state index contributed by atoms with van der Waals surface area (Å²) in [6.45, 7) is 4.68. The van der Waals surface area contributed by atoms with E-state index in [1.54, 1.807) is 40.2 Å². The molecule has 4 rings (SSSR count). The Morgan fingerprint density at radius 2 is 2.07 bits per heavy atom. The van der Waals surface area contributed by atoms with E-state index in [1.165, 1.54) is 10.4 Å². The second-order valence-corrected chi connectivity index (χ2v) is 8.39. The first-order valence-corrected chi connectivity index (χ1v) is 10.2. The van der Waals surface area contributed by atoms with Gasteiger partial charge in [-0.3, -0.25) is 9.36 Å². The van der Waals surface area contributed by atoms with Crippen LogP contribution in [0.25, 0.3) is 10.2 Å². The Morgan fingerprint density at radius 1 is 1.33 bits per heavy atom. The number of nitrogens with zero attached hydrogens (tertiary/aromatic N) is 2. The Labute approximate surface area is 161 Å². The van der Waals surface area contributed by atoms with E-state index < -0.39 is 5.97 Å². The van der Waals surface area contributed by atoms with Crippen molar-refractivity contribution in [2.75, 3.05) is 0 Å². The van der Waals surface area contributed by atoms with E-state index in [4.69, 9.17) is 10.1 Å². The number of carboxylic acids is 1. The third-order valence-corrected chi connectivity index (χ3v) is 6.50. The van der Waals surface area contributed by atoms with Gasteiger partial charge in [-0.15, -0.1) is 11.3 Å². The highest BCUT2D eigenvalue weighted by Crippen LogP contribution is 2.35. The summed E-state index contributed by atoms with van der Waals surface area (Å²) in [5.41, 5.74) is 2.38. The van der Waals surface area contributed by atoms with Crippen LogP contribution in [0.2, 0.25) is 0 Å². The predicted octanol–water partition coefficient (Wildman–Crippen LogP) is 3.89. The second-order valence-electron chi connectivity index (χ2n) is 7.31. The predicted molar refractivity (Wildman–Crippen MR) is 107 cm³/mol. The molecular formula is C21H22N2O3S. The van der Waals surface area contributed by atoms with Gasteiger partial charge in [0.25, 0.3) is 5.56 Å². The highest BCUT2D eigenvalue weighted by Gasteiger charge is 2.24. The van der Waals surface area contributed by atoms with Crippen molar-refractivity contribution in [1.29, 1.82) is 0 Å². The molecule has 0 amide bonds. The van der Waals surface area contributed by atoms with Gasteiger partial charge in [0.1, 0.15) is 10.7 Å². The lowest BCUT2D eigenvalue weighted by atomic mass is 9.89. The third-order valence-electron chi connectivity index (χ3n) is 5.35. The van der Waals surface area contributed by atoms with Crippen molar-refractivity contribution in [3.05, 3.63) is 62.0 Å². The van der Waals surface area contributed by atoms with Gasteiger partial charge in [0.2, 0.25) is 0 Å². The van der Waals surface area contributed by atoms with Gasteiger partial charge in [-0.2, -0.15) is 0 Å². The van der Waals surface area contributed by atoms with Crippen molar-refractivity contribution in [3.8, 4) is 0 Å². The Morgan fingerprint density at radius 3 is 2.74 bits per heavy atom. The van der Waals surface area contributed by atoms with E-state index in [-0.39, 0.29) is 11.1 Å². The van der Waals surface area contributed by atoms with Crippen LogP contribution in [0, 0.1) is 5.92 Å². The molecule has 5 nitrogen and oxygen atoms in total. The molecule has 3 aromatic rings. The Balaban J connectivity index is 1.81. The smallest absolute Gasteiger partial charge is 0.335 e. The molecule has 2 heterocycles. The number of benzene rings is 1. The minimum atomic E-state index is -0.949. The van der Waals surface area contributed by atoms with Crippen LogP contribution in [0.3, 0.4) is 0 Å². The fourth-order valence-electron chi connectivity index (χ4n) is 3.83. The molecular weight excluding hydrogens is 360 g/mol. The van der Waals surface area contributed by atoms with Crippen molar-refractivity contribution >= 4 is 27.5 Å². The van der Waals surface area contributed by atoms with Crippen LogP contribution in [-0.4, -0.2) is 20.6 Å². The standard InChI is InChI=1S/C21H22N2O3S/c1-3-17-22-19-18(15-9-4-12(2)10-16(15)27-19)20(24)23(17)11-13-5-7-14(8-6-13)21(25)26/h5-8,12H,3-4,9-11H2,1-2H3,(H,25,26). The number of thiophene rings is 1. The van der Waals surface area contributed by atoms with E-state index >= 15 is 0 Å². The summed E-state index contributed by atoms with van der Waals surface area (Å²) in [6.07, 6.45) is 3.78. The summed E-state index contributed by atoms with van der Waals surface area (Å²) >= 11 is 1.68. The summed E-state index contributed by atoms with van der Waals surface area (Å²) in [6, 6.07) is 6.69. The average Bonchev–Trinajstić information content (AvgIpc) is 3.01. The molecule has 1 atom stereocenters. The lowest BCUT2D eigenvalue weighted by molar-refractivity contribution is 0.0697. The summed E-state index contributed by atoms with van der Waals surface area (Å²) in [5, 5.41) is 9.85. The molecule has 6 heteroatoms. The molecule has 1 aliphatic carbocycles. The lowest BCUT2D eigenvalue weighted by Crippen LogP contribution is -2.26. The molecule has 0 saturated heterocycles. The Kier molecular flexibility index (Phi) is 4.60. The highest BCUT2D eigenvalue weighted by molar-refractivity contribution is 7.18. The molecule has 1 aliphatic rings. The van der Waals surface area contributed by atoms with Gasteiger partial charge in [0.05, 0.1) is 17.5 Å². The molecule has 0 saturated carbocycles. The number of carbonyl (C=O) groups is 1.